The molecule has 0 N–H and O–H groups in total. The van der Waals surface area contributed by atoms with Gasteiger partial charge in [0, 0.05) is 0 Å². The van der Waals surface area contributed by atoms with Crippen LogP contribution < -0.4 is 4.74 Å². The largest absolute Gasteiger partial charge is 0.489 e. The maximum absolute atomic E-state index is 6.16. The summed E-state index contributed by atoms with van der Waals surface area (Å²) in [5.41, 5.74) is 3.89. The molecular formula is C25H34O. The molecule has 1 aliphatic carbocycles. The summed E-state index contributed by atoms with van der Waals surface area (Å²) in [6, 6.07) is 17.2. The third kappa shape index (κ3) is 5.90. The molecule has 0 aromatic heterocycles. The van der Waals surface area contributed by atoms with E-state index in [9.17, 15) is 0 Å². The number of para-hydroxylation sites is 1. The van der Waals surface area contributed by atoms with Crippen LogP contribution in [0.1, 0.15) is 68.6 Å². The van der Waals surface area contributed by atoms with Gasteiger partial charge >= 0.3 is 0 Å². The summed E-state index contributed by atoms with van der Waals surface area (Å²) in [5, 5.41) is 0. The molecule has 1 aliphatic rings. The van der Waals surface area contributed by atoms with Gasteiger partial charge < -0.3 is 4.74 Å². The molecule has 0 bridgehead atoms. The Bertz CT molecular complexity index is 669. The predicted octanol–water partition coefficient (Wildman–Crippen LogP) is 7.11. The highest BCUT2D eigenvalue weighted by Crippen LogP contribution is 2.31. The van der Waals surface area contributed by atoms with Gasteiger partial charge in [0.2, 0.25) is 0 Å². The predicted molar refractivity (Wildman–Crippen MR) is 111 cm³/mol. The molecule has 0 radical (unpaired) electrons. The first-order chi connectivity index (χ1) is 12.7. The first-order valence-electron chi connectivity index (χ1n) is 10.5. The fraction of sp³-hybridized carbons (Fsp3) is 0.520. The topological polar surface area (TPSA) is 9.23 Å². The van der Waals surface area contributed by atoms with Crippen LogP contribution in [0.25, 0.3) is 0 Å². The summed E-state index contributed by atoms with van der Waals surface area (Å²) in [5.74, 6) is 2.84. The van der Waals surface area contributed by atoms with Crippen LogP contribution in [0.4, 0.5) is 0 Å². The number of hydrogen-bond donors (Lipinski definition) is 0. The Kier molecular flexibility index (Phi) is 7.17. The molecule has 1 atom stereocenters. The molecule has 1 fully saturated rings. The molecule has 1 saturated carbocycles. The van der Waals surface area contributed by atoms with Gasteiger partial charge in [-0.3, -0.25) is 0 Å². The smallest absolute Gasteiger partial charge is 0.122 e. The van der Waals surface area contributed by atoms with Gasteiger partial charge in [0.1, 0.15) is 12.4 Å². The minimum atomic E-state index is 0.649. The molecule has 0 aliphatic heterocycles. The van der Waals surface area contributed by atoms with Crippen molar-refractivity contribution in [3.8, 4) is 5.75 Å². The van der Waals surface area contributed by atoms with Crippen molar-refractivity contribution in [3.63, 3.8) is 0 Å². The highest BCUT2D eigenvalue weighted by Gasteiger charge is 2.16. The van der Waals surface area contributed by atoms with E-state index in [0.29, 0.717) is 6.61 Å². The van der Waals surface area contributed by atoms with Gasteiger partial charge in [-0.25, -0.2) is 0 Å². The number of aryl methyl sites for hydroxylation is 2. The van der Waals surface area contributed by atoms with Crippen molar-refractivity contribution < 1.29 is 4.74 Å². The van der Waals surface area contributed by atoms with E-state index < -0.39 is 0 Å². The Hall–Kier alpha value is -1.76. The second-order valence-electron chi connectivity index (χ2n) is 8.27. The van der Waals surface area contributed by atoms with Crippen LogP contribution >= 0.6 is 0 Å². The fourth-order valence-electron chi connectivity index (χ4n) is 4.33. The van der Waals surface area contributed by atoms with Crippen molar-refractivity contribution in [2.24, 2.45) is 11.8 Å². The van der Waals surface area contributed by atoms with Gasteiger partial charge in [-0.2, -0.15) is 0 Å². The van der Waals surface area contributed by atoms with Crippen LogP contribution in [-0.2, 0) is 13.0 Å². The molecule has 3 rings (SSSR count). The molecule has 1 heteroatoms. The van der Waals surface area contributed by atoms with Crippen LogP contribution in [-0.4, -0.2) is 0 Å². The van der Waals surface area contributed by atoms with E-state index in [0.717, 1.165) is 24.0 Å². The molecule has 1 unspecified atom stereocenters. The number of ether oxygens (including phenoxy) is 1. The maximum Gasteiger partial charge on any atom is 0.122 e. The Morgan fingerprint density at radius 3 is 2.62 bits per heavy atom. The van der Waals surface area contributed by atoms with E-state index in [2.05, 4.69) is 62.4 Å². The van der Waals surface area contributed by atoms with Crippen molar-refractivity contribution in [1.29, 1.82) is 0 Å². The Labute approximate surface area is 159 Å². The summed E-state index contributed by atoms with van der Waals surface area (Å²) >= 11 is 0. The number of benzene rings is 2. The zero-order valence-corrected chi connectivity index (χ0v) is 16.5. The van der Waals surface area contributed by atoms with E-state index >= 15 is 0 Å². The Morgan fingerprint density at radius 2 is 1.81 bits per heavy atom. The number of rotatable bonds is 8. The van der Waals surface area contributed by atoms with Gasteiger partial charge in [0.15, 0.2) is 0 Å². The van der Waals surface area contributed by atoms with Crippen molar-refractivity contribution in [3.05, 3.63) is 65.2 Å². The first kappa shape index (κ1) is 19.0. The van der Waals surface area contributed by atoms with Gasteiger partial charge in [-0.1, -0.05) is 87.1 Å². The zero-order valence-electron chi connectivity index (χ0n) is 16.5. The lowest BCUT2D eigenvalue weighted by atomic mass is 9.82. The number of hydrogen-bond acceptors (Lipinski definition) is 1. The van der Waals surface area contributed by atoms with E-state index in [4.69, 9.17) is 4.74 Å². The molecule has 0 amide bonds. The molecule has 140 valence electrons. The standard InChI is InChI=1S/C25H34O/c1-20-9-8-12-23(18-20)19-26-25-14-7-6-13-24(25)16-15-21(2)17-22-10-4-3-5-11-22/h6-9,12-14,18,21-22H,3-5,10-11,15-17,19H2,1-2H3. The maximum atomic E-state index is 6.16. The van der Waals surface area contributed by atoms with Crippen molar-refractivity contribution in [1.82, 2.24) is 0 Å². The average molecular weight is 351 g/mol. The van der Waals surface area contributed by atoms with Crippen LogP contribution in [0.5, 0.6) is 5.75 Å². The van der Waals surface area contributed by atoms with Crippen molar-refractivity contribution in [2.45, 2.75) is 71.8 Å². The Morgan fingerprint density at radius 1 is 1.00 bits per heavy atom. The molecule has 26 heavy (non-hydrogen) atoms. The van der Waals surface area contributed by atoms with Crippen LogP contribution in [0.3, 0.4) is 0 Å². The van der Waals surface area contributed by atoms with Crippen molar-refractivity contribution >= 4 is 0 Å². The molecule has 0 heterocycles. The van der Waals surface area contributed by atoms with Gasteiger partial charge in [0.25, 0.3) is 0 Å². The molecule has 2 aromatic rings. The summed E-state index contributed by atoms with van der Waals surface area (Å²) in [6.07, 6.45) is 11.1. The highest BCUT2D eigenvalue weighted by atomic mass is 16.5. The minimum Gasteiger partial charge on any atom is -0.489 e. The van der Waals surface area contributed by atoms with E-state index in [1.807, 2.05) is 0 Å². The lowest BCUT2D eigenvalue weighted by molar-refractivity contribution is 0.286. The van der Waals surface area contributed by atoms with Gasteiger partial charge in [0.05, 0.1) is 0 Å². The SMILES string of the molecule is Cc1cccc(COc2ccccc2CCC(C)CC2CCCCC2)c1. The second kappa shape index (κ2) is 9.80. The van der Waals surface area contributed by atoms with Gasteiger partial charge in [-0.15, -0.1) is 0 Å². The molecule has 1 nitrogen and oxygen atoms in total. The van der Waals surface area contributed by atoms with Crippen LogP contribution in [0, 0.1) is 18.8 Å². The third-order valence-corrected chi connectivity index (χ3v) is 5.82. The van der Waals surface area contributed by atoms with E-state index in [-0.39, 0.29) is 0 Å². The third-order valence-electron chi connectivity index (χ3n) is 5.82. The molecule has 0 spiro atoms. The highest BCUT2D eigenvalue weighted by molar-refractivity contribution is 5.34. The fourth-order valence-corrected chi connectivity index (χ4v) is 4.33. The molecule has 0 saturated heterocycles. The normalized spacial score (nSPS) is 16.4. The van der Waals surface area contributed by atoms with Crippen LogP contribution in [0.2, 0.25) is 0 Å². The summed E-state index contributed by atoms with van der Waals surface area (Å²) < 4.78 is 6.16. The quantitative estimate of drug-likeness (QED) is 0.493. The van der Waals surface area contributed by atoms with E-state index in [1.54, 1.807) is 0 Å². The molecule has 2 aromatic carbocycles. The Balaban J connectivity index is 1.51. The second-order valence-corrected chi connectivity index (χ2v) is 8.27. The van der Waals surface area contributed by atoms with Crippen LogP contribution in [0.15, 0.2) is 48.5 Å². The summed E-state index contributed by atoms with van der Waals surface area (Å²) in [4.78, 5) is 0. The average Bonchev–Trinajstić information content (AvgIpc) is 2.66. The van der Waals surface area contributed by atoms with E-state index in [1.165, 1.54) is 61.6 Å². The first-order valence-corrected chi connectivity index (χ1v) is 10.5. The monoisotopic (exact) mass is 350 g/mol. The van der Waals surface area contributed by atoms with Crippen molar-refractivity contribution in [2.75, 3.05) is 0 Å². The van der Waals surface area contributed by atoms with Gasteiger partial charge in [-0.05, 0) is 55.2 Å². The minimum absolute atomic E-state index is 0.649. The lowest BCUT2D eigenvalue weighted by Gasteiger charge is -2.24. The summed E-state index contributed by atoms with van der Waals surface area (Å²) in [7, 11) is 0. The zero-order chi connectivity index (χ0) is 18.2. The summed E-state index contributed by atoms with van der Waals surface area (Å²) in [6.45, 7) is 5.21. The lowest BCUT2D eigenvalue weighted by Crippen LogP contribution is -2.11. The molecular weight excluding hydrogens is 316 g/mol.